The lowest BCUT2D eigenvalue weighted by Gasteiger charge is -1.96. The van der Waals surface area contributed by atoms with E-state index >= 15 is 0 Å². The predicted octanol–water partition coefficient (Wildman–Crippen LogP) is 1.56. The zero-order valence-electron chi connectivity index (χ0n) is 6.59. The van der Waals surface area contributed by atoms with Gasteiger partial charge in [-0.2, -0.15) is 0 Å². The van der Waals surface area contributed by atoms with Gasteiger partial charge in [0.15, 0.2) is 0 Å². The summed E-state index contributed by atoms with van der Waals surface area (Å²) in [6.45, 7) is 4.66. The summed E-state index contributed by atoms with van der Waals surface area (Å²) in [6.07, 6.45) is 4.37. The summed E-state index contributed by atoms with van der Waals surface area (Å²) in [5, 5.41) is 0. The third-order valence-corrected chi connectivity index (χ3v) is 1.05. The molecule has 0 radical (unpaired) electrons. The van der Waals surface area contributed by atoms with Crippen LogP contribution >= 0.6 is 0 Å². The van der Waals surface area contributed by atoms with Crippen LogP contribution < -0.4 is 0 Å². The highest BCUT2D eigenvalue weighted by Crippen LogP contribution is 1.84. The monoisotopic (exact) mass is 142 g/mol. The molecule has 0 aromatic rings. The van der Waals surface area contributed by atoms with Gasteiger partial charge in [0.25, 0.3) is 0 Å². The highest BCUT2D eigenvalue weighted by molar-refractivity contribution is 5.75. The van der Waals surface area contributed by atoms with E-state index in [9.17, 15) is 4.79 Å². The van der Waals surface area contributed by atoms with Crippen LogP contribution in [0.2, 0.25) is 0 Å². The molecule has 0 aliphatic heterocycles. The smallest absolute Gasteiger partial charge is 0.132 e. The number of rotatable bonds is 5. The first-order chi connectivity index (χ1) is 4.77. The van der Waals surface area contributed by atoms with Crippen molar-refractivity contribution in [3.63, 3.8) is 0 Å². The second kappa shape index (κ2) is 6.49. The Morgan fingerprint density at radius 3 is 2.80 bits per heavy atom. The van der Waals surface area contributed by atoms with Gasteiger partial charge in [0.2, 0.25) is 0 Å². The molecule has 0 heterocycles. The molecule has 0 amide bonds. The van der Waals surface area contributed by atoms with E-state index in [4.69, 9.17) is 4.74 Å². The van der Waals surface area contributed by atoms with Gasteiger partial charge < -0.3 is 4.74 Å². The second-order valence-corrected chi connectivity index (χ2v) is 2.10. The fraction of sp³-hybridized carbons (Fsp3) is 0.625. The minimum Gasteiger partial charge on any atom is -0.377 e. The van der Waals surface area contributed by atoms with Crippen LogP contribution in [0.3, 0.4) is 0 Å². The lowest BCUT2D eigenvalue weighted by Crippen LogP contribution is -1.99. The number of Topliss-reactive ketones (excluding diaryl/α,β-unsaturated/α-hetero) is 1. The Morgan fingerprint density at radius 1 is 1.60 bits per heavy atom. The van der Waals surface area contributed by atoms with Gasteiger partial charge in [0.05, 0.1) is 13.2 Å². The molecular weight excluding hydrogens is 128 g/mol. The molecule has 2 heteroatoms. The summed E-state index contributed by atoms with van der Waals surface area (Å²) in [7, 11) is 0. The molecule has 0 aromatic heterocycles. The first kappa shape index (κ1) is 9.37. The van der Waals surface area contributed by atoms with Gasteiger partial charge in [0, 0.05) is 6.42 Å². The number of carbonyl (C=O) groups is 1. The predicted molar refractivity (Wildman–Crippen MR) is 40.9 cm³/mol. The normalized spacial score (nSPS) is 10.6. The van der Waals surface area contributed by atoms with Crippen molar-refractivity contribution in [2.45, 2.75) is 20.3 Å². The number of carbonyl (C=O) groups excluding carboxylic acids is 1. The van der Waals surface area contributed by atoms with E-state index in [-0.39, 0.29) is 5.78 Å². The van der Waals surface area contributed by atoms with Crippen LogP contribution in [0.4, 0.5) is 0 Å². The van der Waals surface area contributed by atoms with Crippen molar-refractivity contribution in [2.75, 3.05) is 13.2 Å². The molecule has 2 nitrogen and oxygen atoms in total. The lowest BCUT2D eigenvalue weighted by molar-refractivity contribution is -0.117. The van der Waals surface area contributed by atoms with Gasteiger partial charge in [-0.25, -0.2) is 0 Å². The third kappa shape index (κ3) is 7.37. The van der Waals surface area contributed by atoms with Crippen molar-refractivity contribution in [1.29, 1.82) is 0 Å². The zero-order valence-corrected chi connectivity index (χ0v) is 6.59. The Labute approximate surface area is 61.9 Å². The summed E-state index contributed by atoms with van der Waals surface area (Å²) in [6, 6.07) is 0. The van der Waals surface area contributed by atoms with E-state index in [1.54, 1.807) is 6.92 Å². The fourth-order valence-electron chi connectivity index (χ4n) is 0.463. The molecule has 0 fully saturated rings. The molecule has 10 heavy (non-hydrogen) atoms. The Kier molecular flexibility index (Phi) is 6.08. The third-order valence-electron chi connectivity index (χ3n) is 1.05. The molecule has 0 aromatic carbocycles. The topological polar surface area (TPSA) is 26.3 Å². The fourth-order valence-corrected chi connectivity index (χ4v) is 0.463. The number of hydrogen-bond donors (Lipinski definition) is 0. The van der Waals surface area contributed by atoms with E-state index < -0.39 is 0 Å². The Balaban J connectivity index is 2.98. The molecule has 0 unspecified atom stereocenters. The number of ketones is 1. The van der Waals surface area contributed by atoms with Crippen molar-refractivity contribution < 1.29 is 9.53 Å². The number of ether oxygens (including phenoxy) is 1. The van der Waals surface area contributed by atoms with Crippen molar-refractivity contribution in [3.05, 3.63) is 12.2 Å². The van der Waals surface area contributed by atoms with Crippen molar-refractivity contribution in [2.24, 2.45) is 0 Å². The minimum absolute atomic E-state index is 0.181. The van der Waals surface area contributed by atoms with Crippen molar-refractivity contribution in [3.8, 4) is 0 Å². The van der Waals surface area contributed by atoms with Crippen LogP contribution in [0.25, 0.3) is 0 Å². The molecule has 0 saturated heterocycles. The molecule has 0 aliphatic rings. The minimum atomic E-state index is 0.181. The molecule has 0 aliphatic carbocycles. The summed E-state index contributed by atoms with van der Waals surface area (Å²) in [5.74, 6) is 0.181. The van der Waals surface area contributed by atoms with Crippen molar-refractivity contribution >= 4 is 5.78 Å². The Bertz CT molecular complexity index is 116. The summed E-state index contributed by atoms with van der Waals surface area (Å²) >= 11 is 0. The Morgan fingerprint density at radius 2 is 2.30 bits per heavy atom. The lowest BCUT2D eigenvalue weighted by atomic mass is 10.3. The largest absolute Gasteiger partial charge is 0.377 e. The van der Waals surface area contributed by atoms with Gasteiger partial charge in [-0.3, -0.25) is 4.79 Å². The van der Waals surface area contributed by atoms with Crippen LogP contribution in [0.15, 0.2) is 12.2 Å². The van der Waals surface area contributed by atoms with E-state index in [0.29, 0.717) is 19.6 Å². The molecule has 0 atom stereocenters. The van der Waals surface area contributed by atoms with Crippen LogP contribution in [0.1, 0.15) is 20.3 Å². The maximum absolute atomic E-state index is 10.4. The molecule has 58 valence electrons. The van der Waals surface area contributed by atoms with Gasteiger partial charge in [-0.05, 0) is 13.8 Å². The molecular formula is C8H14O2. The summed E-state index contributed by atoms with van der Waals surface area (Å²) in [5.41, 5.74) is 0. The average molecular weight is 142 g/mol. The molecule has 0 spiro atoms. The van der Waals surface area contributed by atoms with Crippen molar-refractivity contribution in [1.82, 2.24) is 0 Å². The standard InChI is InChI=1S/C8H14O2/c1-3-4-6-10-7-5-8(2)9/h3-4H,5-7H2,1-2H3/b4-3-. The van der Waals surface area contributed by atoms with Gasteiger partial charge in [-0.1, -0.05) is 12.2 Å². The number of allylic oxidation sites excluding steroid dienone is 1. The molecule has 0 rings (SSSR count). The molecule has 0 bridgehead atoms. The van der Waals surface area contributed by atoms with Gasteiger partial charge >= 0.3 is 0 Å². The van der Waals surface area contributed by atoms with Crippen LogP contribution in [0.5, 0.6) is 0 Å². The molecule has 0 N–H and O–H groups in total. The van der Waals surface area contributed by atoms with E-state index in [0.717, 1.165) is 0 Å². The van der Waals surface area contributed by atoms with Crippen LogP contribution in [-0.2, 0) is 9.53 Å². The highest BCUT2D eigenvalue weighted by Gasteiger charge is 1.90. The van der Waals surface area contributed by atoms with Gasteiger partial charge in [0.1, 0.15) is 5.78 Å². The highest BCUT2D eigenvalue weighted by atomic mass is 16.5. The first-order valence-corrected chi connectivity index (χ1v) is 3.45. The van der Waals surface area contributed by atoms with E-state index in [1.165, 1.54) is 0 Å². The van der Waals surface area contributed by atoms with E-state index in [2.05, 4.69) is 0 Å². The zero-order chi connectivity index (χ0) is 7.82. The number of hydrogen-bond acceptors (Lipinski definition) is 2. The second-order valence-electron chi connectivity index (χ2n) is 2.10. The quantitative estimate of drug-likeness (QED) is 0.430. The van der Waals surface area contributed by atoms with Crippen LogP contribution in [-0.4, -0.2) is 19.0 Å². The van der Waals surface area contributed by atoms with Gasteiger partial charge in [-0.15, -0.1) is 0 Å². The maximum Gasteiger partial charge on any atom is 0.132 e. The van der Waals surface area contributed by atoms with E-state index in [1.807, 2.05) is 19.1 Å². The maximum atomic E-state index is 10.4. The Hall–Kier alpha value is -0.630. The SMILES string of the molecule is C/C=C\COCCC(C)=O. The van der Waals surface area contributed by atoms with Crippen LogP contribution in [0, 0.1) is 0 Å². The summed E-state index contributed by atoms with van der Waals surface area (Å²) in [4.78, 5) is 10.4. The average Bonchev–Trinajstić information content (AvgIpc) is 1.87. The first-order valence-electron chi connectivity index (χ1n) is 3.45. The summed E-state index contributed by atoms with van der Waals surface area (Å²) < 4.78 is 5.08. The molecule has 0 saturated carbocycles.